The molecule has 1 aromatic carbocycles. The van der Waals surface area contributed by atoms with Gasteiger partial charge in [-0.3, -0.25) is 9.52 Å². The Bertz CT molecular complexity index is 762. The molecule has 0 aliphatic rings. The highest BCUT2D eigenvalue weighted by Gasteiger charge is 2.12. The van der Waals surface area contributed by atoms with Gasteiger partial charge in [0.1, 0.15) is 0 Å². The molecule has 0 atom stereocenters. The first kappa shape index (κ1) is 14.3. The minimum Gasteiger partial charge on any atom is -0.316 e. The molecule has 0 radical (unpaired) electrons. The molecule has 5 nitrogen and oxygen atoms in total. The van der Waals surface area contributed by atoms with E-state index in [4.69, 9.17) is 0 Å². The third kappa shape index (κ3) is 3.71. The zero-order chi connectivity index (χ0) is 14.8. The zero-order valence-electron chi connectivity index (χ0n) is 11.3. The van der Waals surface area contributed by atoms with Crippen LogP contribution in [-0.2, 0) is 22.8 Å². The molecule has 1 aromatic heterocycles. The molecule has 0 aliphatic heterocycles. The van der Waals surface area contributed by atoms with Crippen molar-refractivity contribution in [3.05, 3.63) is 64.1 Å². The lowest BCUT2D eigenvalue weighted by molar-refractivity contribution is 0.600. The highest BCUT2D eigenvalue weighted by atomic mass is 32.2. The van der Waals surface area contributed by atoms with Gasteiger partial charge in [0, 0.05) is 19.3 Å². The molecule has 20 heavy (non-hydrogen) atoms. The Balaban J connectivity index is 2.16. The molecule has 0 unspecified atom stereocenters. The maximum absolute atomic E-state index is 12.1. The van der Waals surface area contributed by atoms with Crippen molar-refractivity contribution < 1.29 is 8.42 Å². The van der Waals surface area contributed by atoms with Crippen LogP contribution in [0.15, 0.2) is 47.4 Å². The standard InChI is InChI=1S/C14H16N2O3S/c1-11-3-5-12(6-4-11)10-20(18,19)15-13-7-8-14(17)16(2)9-13/h3-9,15H,10H2,1-2H3. The van der Waals surface area contributed by atoms with E-state index < -0.39 is 10.0 Å². The molecular weight excluding hydrogens is 276 g/mol. The Hall–Kier alpha value is -2.08. The van der Waals surface area contributed by atoms with Gasteiger partial charge in [-0.2, -0.15) is 0 Å². The monoisotopic (exact) mass is 292 g/mol. The Morgan fingerprint density at radius 2 is 1.75 bits per heavy atom. The molecule has 0 bridgehead atoms. The molecule has 106 valence electrons. The fourth-order valence-electron chi connectivity index (χ4n) is 1.77. The minimum absolute atomic E-state index is 0.101. The van der Waals surface area contributed by atoms with Gasteiger partial charge >= 0.3 is 0 Å². The molecule has 6 heteroatoms. The summed E-state index contributed by atoms with van der Waals surface area (Å²) in [7, 11) is -1.93. The number of rotatable bonds is 4. The van der Waals surface area contributed by atoms with Crippen LogP contribution in [0.4, 0.5) is 5.69 Å². The number of nitrogens with zero attached hydrogens (tertiary/aromatic N) is 1. The summed E-state index contributed by atoms with van der Waals surface area (Å²) in [5.41, 5.74) is 1.98. The fraction of sp³-hybridized carbons (Fsp3) is 0.214. The summed E-state index contributed by atoms with van der Waals surface area (Å²) < 4.78 is 27.9. The maximum Gasteiger partial charge on any atom is 0.250 e. The highest BCUT2D eigenvalue weighted by molar-refractivity contribution is 7.91. The summed E-state index contributed by atoms with van der Waals surface area (Å²) in [5, 5.41) is 0. The number of anilines is 1. The molecule has 0 spiro atoms. The molecule has 2 rings (SSSR count). The molecule has 0 amide bonds. The summed E-state index contributed by atoms with van der Waals surface area (Å²) in [6, 6.07) is 10.1. The topological polar surface area (TPSA) is 68.2 Å². The Morgan fingerprint density at radius 3 is 2.35 bits per heavy atom. The number of hydrogen-bond donors (Lipinski definition) is 1. The van der Waals surface area contributed by atoms with E-state index in [1.165, 1.54) is 22.9 Å². The van der Waals surface area contributed by atoms with Crippen LogP contribution < -0.4 is 10.3 Å². The van der Waals surface area contributed by atoms with Crippen molar-refractivity contribution in [2.45, 2.75) is 12.7 Å². The lowest BCUT2D eigenvalue weighted by atomic mass is 10.2. The van der Waals surface area contributed by atoms with E-state index in [0.29, 0.717) is 11.3 Å². The van der Waals surface area contributed by atoms with Crippen LogP contribution in [0.2, 0.25) is 0 Å². The van der Waals surface area contributed by atoms with Crippen molar-refractivity contribution in [2.75, 3.05) is 4.72 Å². The molecule has 1 heterocycles. The molecular formula is C14H16N2O3S. The smallest absolute Gasteiger partial charge is 0.250 e. The highest BCUT2D eigenvalue weighted by Crippen LogP contribution is 2.11. The van der Waals surface area contributed by atoms with E-state index in [0.717, 1.165) is 5.56 Å². The van der Waals surface area contributed by atoms with Crippen molar-refractivity contribution in [1.82, 2.24) is 4.57 Å². The number of hydrogen-bond acceptors (Lipinski definition) is 3. The van der Waals surface area contributed by atoms with Crippen LogP contribution in [0.5, 0.6) is 0 Å². The number of pyridine rings is 1. The van der Waals surface area contributed by atoms with Crippen molar-refractivity contribution in [3.63, 3.8) is 0 Å². The second-order valence-corrected chi connectivity index (χ2v) is 6.44. The number of aromatic nitrogens is 1. The second-order valence-electron chi connectivity index (χ2n) is 4.71. The van der Waals surface area contributed by atoms with Gasteiger partial charge in [0.15, 0.2) is 0 Å². The summed E-state index contributed by atoms with van der Waals surface area (Å²) in [6.45, 7) is 1.95. The van der Waals surface area contributed by atoms with Crippen LogP contribution >= 0.6 is 0 Å². The quantitative estimate of drug-likeness (QED) is 0.931. The Labute approximate surface area is 117 Å². The van der Waals surface area contributed by atoms with Gasteiger partial charge < -0.3 is 4.57 Å². The maximum atomic E-state index is 12.1. The number of sulfonamides is 1. The summed E-state index contributed by atoms with van der Waals surface area (Å²) in [4.78, 5) is 11.2. The predicted molar refractivity (Wildman–Crippen MR) is 79.1 cm³/mol. The lowest BCUT2D eigenvalue weighted by Gasteiger charge is -2.09. The van der Waals surface area contributed by atoms with Gasteiger partial charge in [0.25, 0.3) is 0 Å². The van der Waals surface area contributed by atoms with E-state index >= 15 is 0 Å². The largest absolute Gasteiger partial charge is 0.316 e. The SMILES string of the molecule is Cc1ccc(CS(=O)(=O)Nc2ccc(=O)n(C)c2)cc1. The average Bonchev–Trinajstić information content (AvgIpc) is 2.36. The normalized spacial score (nSPS) is 11.3. The van der Waals surface area contributed by atoms with Gasteiger partial charge in [-0.1, -0.05) is 29.8 Å². The molecule has 1 N–H and O–H groups in total. The summed E-state index contributed by atoms with van der Waals surface area (Å²) in [6.07, 6.45) is 1.45. The second kappa shape index (κ2) is 5.50. The van der Waals surface area contributed by atoms with Crippen LogP contribution in [0, 0.1) is 6.92 Å². The first-order chi connectivity index (χ1) is 9.35. The molecule has 0 saturated heterocycles. The first-order valence-electron chi connectivity index (χ1n) is 6.08. The fourth-order valence-corrected chi connectivity index (χ4v) is 2.96. The third-order valence-electron chi connectivity index (χ3n) is 2.84. The zero-order valence-corrected chi connectivity index (χ0v) is 12.1. The van der Waals surface area contributed by atoms with Gasteiger partial charge in [0.05, 0.1) is 11.4 Å². The first-order valence-corrected chi connectivity index (χ1v) is 7.74. The van der Waals surface area contributed by atoms with Crippen LogP contribution in [0.1, 0.15) is 11.1 Å². The number of nitrogens with one attached hydrogen (secondary N) is 1. The van der Waals surface area contributed by atoms with E-state index in [1.807, 2.05) is 19.1 Å². The predicted octanol–water partition coefficient (Wildman–Crippen LogP) is 1.64. The molecule has 0 aliphatic carbocycles. The molecule has 0 fully saturated rings. The lowest BCUT2D eigenvalue weighted by Crippen LogP contribution is -2.19. The van der Waals surface area contributed by atoms with Crippen molar-refractivity contribution >= 4 is 15.7 Å². The minimum atomic E-state index is -3.50. The van der Waals surface area contributed by atoms with Crippen molar-refractivity contribution in [2.24, 2.45) is 7.05 Å². The van der Waals surface area contributed by atoms with E-state index in [9.17, 15) is 13.2 Å². The van der Waals surface area contributed by atoms with Gasteiger partial charge in [-0.15, -0.1) is 0 Å². The van der Waals surface area contributed by atoms with Gasteiger partial charge in [-0.05, 0) is 18.6 Å². The van der Waals surface area contributed by atoms with Crippen LogP contribution in [0.3, 0.4) is 0 Å². The van der Waals surface area contributed by atoms with Crippen LogP contribution in [0.25, 0.3) is 0 Å². The van der Waals surface area contributed by atoms with Crippen molar-refractivity contribution in [1.29, 1.82) is 0 Å². The van der Waals surface area contributed by atoms with Gasteiger partial charge in [0.2, 0.25) is 15.6 Å². The van der Waals surface area contributed by atoms with E-state index in [2.05, 4.69) is 4.72 Å². The number of aryl methyl sites for hydroxylation is 2. The summed E-state index contributed by atoms with van der Waals surface area (Å²) in [5.74, 6) is -0.101. The Morgan fingerprint density at radius 1 is 1.10 bits per heavy atom. The van der Waals surface area contributed by atoms with E-state index in [-0.39, 0.29) is 11.3 Å². The molecule has 0 saturated carbocycles. The van der Waals surface area contributed by atoms with Crippen LogP contribution in [-0.4, -0.2) is 13.0 Å². The molecule has 2 aromatic rings. The van der Waals surface area contributed by atoms with E-state index in [1.54, 1.807) is 19.2 Å². The summed E-state index contributed by atoms with van der Waals surface area (Å²) >= 11 is 0. The Kier molecular flexibility index (Phi) is 3.94. The average molecular weight is 292 g/mol. The third-order valence-corrected chi connectivity index (χ3v) is 4.10. The van der Waals surface area contributed by atoms with Crippen molar-refractivity contribution in [3.8, 4) is 0 Å². The van der Waals surface area contributed by atoms with Gasteiger partial charge in [-0.25, -0.2) is 8.42 Å². The number of benzene rings is 1.